The van der Waals surface area contributed by atoms with Crippen LogP contribution >= 0.6 is 0 Å². The van der Waals surface area contributed by atoms with E-state index in [-0.39, 0.29) is 5.91 Å². The SMILES string of the molecule is Cc1ccc(NC(=O)c2cc(N3CCN(C)CC3)ccn2)cc1C. The van der Waals surface area contributed by atoms with Gasteiger partial charge in [-0.25, -0.2) is 0 Å². The summed E-state index contributed by atoms with van der Waals surface area (Å²) in [7, 11) is 2.13. The first-order valence-corrected chi connectivity index (χ1v) is 8.31. The van der Waals surface area contributed by atoms with E-state index in [1.807, 2.05) is 37.3 Å². The highest BCUT2D eigenvalue weighted by molar-refractivity contribution is 6.03. The molecule has 1 aliphatic heterocycles. The average Bonchev–Trinajstić information content (AvgIpc) is 2.59. The van der Waals surface area contributed by atoms with Crippen LogP contribution in [-0.4, -0.2) is 49.0 Å². The zero-order valence-electron chi connectivity index (χ0n) is 14.5. The molecule has 0 spiro atoms. The molecule has 2 aromatic rings. The van der Waals surface area contributed by atoms with Gasteiger partial charge in [-0.3, -0.25) is 9.78 Å². The molecule has 2 heterocycles. The third-order valence-corrected chi connectivity index (χ3v) is 4.61. The molecule has 1 aromatic heterocycles. The first-order valence-electron chi connectivity index (χ1n) is 8.31. The summed E-state index contributed by atoms with van der Waals surface area (Å²) in [6.45, 7) is 8.11. The molecule has 1 fully saturated rings. The largest absolute Gasteiger partial charge is 0.369 e. The van der Waals surface area contributed by atoms with E-state index in [4.69, 9.17) is 0 Å². The van der Waals surface area contributed by atoms with Gasteiger partial charge in [0.05, 0.1) is 0 Å². The van der Waals surface area contributed by atoms with Crippen molar-refractivity contribution in [2.24, 2.45) is 0 Å². The second-order valence-electron chi connectivity index (χ2n) is 6.44. The zero-order valence-corrected chi connectivity index (χ0v) is 14.5. The van der Waals surface area contributed by atoms with Crippen LogP contribution in [-0.2, 0) is 0 Å². The van der Waals surface area contributed by atoms with Crippen LogP contribution < -0.4 is 10.2 Å². The number of pyridine rings is 1. The van der Waals surface area contributed by atoms with Crippen molar-refractivity contribution in [2.75, 3.05) is 43.4 Å². The first kappa shape index (κ1) is 16.5. The van der Waals surface area contributed by atoms with Crippen molar-refractivity contribution < 1.29 is 4.79 Å². The molecule has 3 rings (SSSR count). The maximum atomic E-state index is 12.5. The molecule has 24 heavy (non-hydrogen) atoms. The van der Waals surface area contributed by atoms with Crippen molar-refractivity contribution in [1.29, 1.82) is 0 Å². The molecule has 0 saturated carbocycles. The highest BCUT2D eigenvalue weighted by Gasteiger charge is 2.16. The lowest BCUT2D eigenvalue weighted by Gasteiger charge is -2.34. The van der Waals surface area contributed by atoms with Gasteiger partial charge in [0.15, 0.2) is 0 Å². The molecule has 1 saturated heterocycles. The van der Waals surface area contributed by atoms with E-state index in [2.05, 4.69) is 34.1 Å². The quantitative estimate of drug-likeness (QED) is 0.943. The Morgan fingerprint density at radius 2 is 1.79 bits per heavy atom. The van der Waals surface area contributed by atoms with Crippen LogP contribution in [0.4, 0.5) is 11.4 Å². The smallest absolute Gasteiger partial charge is 0.274 e. The number of carbonyl (C=O) groups is 1. The van der Waals surface area contributed by atoms with Gasteiger partial charge in [-0.05, 0) is 56.3 Å². The van der Waals surface area contributed by atoms with Gasteiger partial charge < -0.3 is 15.1 Å². The van der Waals surface area contributed by atoms with E-state index >= 15 is 0 Å². The van der Waals surface area contributed by atoms with Crippen molar-refractivity contribution in [3.8, 4) is 0 Å². The summed E-state index contributed by atoms with van der Waals surface area (Å²) in [6, 6.07) is 9.76. The molecule has 126 valence electrons. The van der Waals surface area contributed by atoms with E-state index in [1.165, 1.54) is 5.56 Å². The summed E-state index contributed by atoms with van der Waals surface area (Å²) >= 11 is 0. The van der Waals surface area contributed by atoms with Crippen molar-refractivity contribution in [1.82, 2.24) is 9.88 Å². The summed E-state index contributed by atoms with van der Waals surface area (Å²) < 4.78 is 0. The fourth-order valence-corrected chi connectivity index (χ4v) is 2.82. The third kappa shape index (κ3) is 3.74. The Hall–Kier alpha value is -2.40. The summed E-state index contributed by atoms with van der Waals surface area (Å²) in [6.07, 6.45) is 1.71. The van der Waals surface area contributed by atoms with Crippen LogP contribution in [0.5, 0.6) is 0 Å². The maximum Gasteiger partial charge on any atom is 0.274 e. The Kier molecular flexibility index (Phi) is 4.81. The number of nitrogens with zero attached hydrogens (tertiary/aromatic N) is 3. The zero-order chi connectivity index (χ0) is 17.1. The molecule has 0 bridgehead atoms. The third-order valence-electron chi connectivity index (χ3n) is 4.61. The molecule has 0 radical (unpaired) electrons. The molecule has 1 N–H and O–H groups in total. The van der Waals surface area contributed by atoms with Gasteiger partial charge >= 0.3 is 0 Å². The molecule has 0 atom stereocenters. The van der Waals surface area contributed by atoms with Crippen LogP contribution in [0, 0.1) is 13.8 Å². The first-order chi connectivity index (χ1) is 11.5. The van der Waals surface area contributed by atoms with Crippen LogP contribution in [0.15, 0.2) is 36.5 Å². The topological polar surface area (TPSA) is 48.5 Å². The number of hydrogen-bond acceptors (Lipinski definition) is 4. The van der Waals surface area contributed by atoms with Gasteiger partial charge in [0.25, 0.3) is 5.91 Å². The van der Waals surface area contributed by atoms with E-state index in [0.29, 0.717) is 5.69 Å². The number of piperazine rings is 1. The van der Waals surface area contributed by atoms with Gasteiger partial charge in [-0.1, -0.05) is 6.07 Å². The van der Waals surface area contributed by atoms with E-state index < -0.39 is 0 Å². The fraction of sp³-hybridized carbons (Fsp3) is 0.368. The van der Waals surface area contributed by atoms with Crippen molar-refractivity contribution >= 4 is 17.3 Å². The molecule has 0 aliphatic carbocycles. The van der Waals surface area contributed by atoms with Gasteiger partial charge in [-0.15, -0.1) is 0 Å². The summed E-state index contributed by atoms with van der Waals surface area (Å²) in [4.78, 5) is 21.3. The van der Waals surface area contributed by atoms with Gasteiger partial charge in [0.1, 0.15) is 5.69 Å². The highest BCUT2D eigenvalue weighted by atomic mass is 16.1. The minimum atomic E-state index is -0.172. The second-order valence-corrected chi connectivity index (χ2v) is 6.44. The number of benzene rings is 1. The number of amides is 1. The van der Waals surface area contributed by atoms with E-state index in [9.17, 15) is 4.79 Å². The number of nitrogens with one attached hydrogen (secondary N) is 1. The number of aromatic nitrogens is 1. The summed E-state index contributed by atoms with van der Waals surface area (Å²) in [5, 5.41) is 2.94. The number of aryl methyl sites for hydroxylation is 2. The molecule has 5 heteroatoms. The predicted octanol–water partition coefficient (Wildman–Crippen LogP) is 2.70. The van der Waals surface area contributed by atoms with Crippen LogP contribution in [0.25, 0.3) is 0 Å². The van der Waals surface area contributed by atoms with Crippen molar-refractivity contribution in [3.63, 3.8) is 0 Å². The van der Waals surface area contributed by atoms with Gasteiger partial charge in [0.2, 0.25) is 0 Å². The van der Waals surface area contributed by atoms with E-state index in [0.717, 1.165) is 43.1 Å². The van der Waals surface area contributed by atoms with Crippen LogP contribution in [0.2, 0.25) is 0 Å². The average molecular weight is 324 g/mol. The Morgan fingerprint density at radius 1 is 1.04 bits per heavy atom. The highest BCUT2D eigenvalue weighted by Crippen LogP contribution is 2.18. The number of carbonyl (C=O) groups excluding carboxylic acids is 1. The molecule has 5 nitrogen and oxygen atoms in total. The lowest BCUT2D eigenvalue weighted by atomic mass is 10.1. The number of hydrogen-bond donors (Lipinski definition) is 1. The molecule has 0 unspecified atom stereocenters. The van der Waals surface area contributed by atoms with Gasteiger partial charge in [0, 0.05) is 43.8 Å². The van der Waals surface area contributed by atoms with Gasteiger partial charge in [-0.2, -0.15) is 0 Å². The summed E-state index contributed by atoms with van der Waals surface area (Å²) in [5.41, 5.74) is 4.68. The number of anilines is 2. The Balaban J connectivity index is 1.73. The molecule has 1 aliphatic rings. The fourth-order valence-electron chi connectivity index (χ4n) is 2.82. The van der Waals surface area contributed by atoms with Crippen LogP contribution in [0.1, 0.15) is 21.6 Å². The standard InChI is InChI=1S/C19H24N4O/c1-14-4-5-16(12-15(14)2)21-19(24)18-13-17(6-7-20-18)23-10-8-22(3)9-11-23/h4-7,12-13H,8-11H2,1-3H3,(H,21,24). The number of likely N-dealkylation sites (N-methyl/N-ethyl adjacent to an activating group) is 1. The predicted molar refractivity (Wildman–Crippen MR) is 97.8 cm³/mol. The maximum absolute atomic E-state index is 12.5. The van der Waals surface area contributed by atoms with Crippen LogP contribution in [0.3, 0.4) is 0 Å². The normalized spacial score (nSPS) is 15.4. The summed E-state index contributed by atoms with van der Waals surface area (Å²) in [5.74, 6) is -0.172. The van der Waals surface area contributed by atoms with E-state index in [1.54, 1.807) is 6.20 Å². The number of rotatable bonds is 3. The monoisotopic (exact) mass is 324 g/mol. The molecular formula is C19H24N4O. The Bertz CT molecular complexity index is 736. The lowest BCUT2D eigenvalue weighted by molar-refractivity contribution is 0.102. The van der Waals surface area contributed by atoms with Crippen molar-refractivity contribution in [2.45, 2.75) is 13.8 Å². The second kappa shape index (κ2) is 7.01. The molecular weight excluding hydrogens is 300 g/mol. The molecule has 1 aromatic carbocycles. The van der Waals surface area contributed by atoms with Crippen molar-refractivity contribution in [3.05, 3.63) is 53.3 Å². The Morgan fingerprint density at radius 3 is 2.50 bits per heavy atom. The minimum absolute atomic E-state index is 0.172. The lowest BCUT2D eigenvalue weighted by Crippen LogP contribution is -2.44. The molecule has 1 amide bonds. The minimum Gasteiger partial charge on any atom is -0.369 e. The Labute approximate surface area is 143 Å².